The number of hydrogen-bond donors (Lipinski definition) is 1. The second-order valence-corrected chi connectivity index (χ2v) is 12.0. The Bertz CT molecular complexity index is 1540. The molecule has 1 aromatic heterocycles. The van der Waals surface area contributed by atoms with Crippen molar-refractivity contribution in [3.63, 3.8) is 0 Å². The number of likely N-dealkylation sites (tertiary alicyclic amines) is 1. The van der Waals surface area contributed by atoms with Crippen LogP contribution in [0.15, 0.2) is 85.0 Å². The van der Waals surface area contributed by atoms with Crippen LogP contribution >= 0.6 is 0 Å². The highest BCUT2D eigenvalue weighted by molar-refractivity contribution is 7.85. The molecule has 3 aromatic rings. The molecular weight excluding hydrogens is 526 g/mol. The quantitative estimate of drug-likeness (QED) is 0.389. The molecule has 208 valence electrons. The fraction of sp³-hybridized carbons (Fsp3) is 0.333. The van der Waals surface area contributed by atoms with Gasteiger partial charge in [0.2, 0.25) is 0 Å². The molecule has 2 heterocycles. The van der Waals surface area contributed by atoms with Crippen molar-refractivity contribution in [3.8, 4) is 11.8 Å². The molecule has 0 spiro atoms. The first-order chi connectivity index (χ1) is 19.2. The van der Waals surface area contributed by atoms with Crippen LogP contribution in [0.25, 0.3) is 0 Å². The third kappa shape index (κ3) is 5.82. The van der Waals surface area contributed by atoms with Gasteiger partial charge in [-0.05, 0) is 36.6 Å². The largest absolute Gasteiger partial charge is 0.476 e. The molecule has 9 nitrogen and oxygen atoms in total. The van der Waals surface area contributed by atoms with E-state index in [2.05, 4.69) is 23.1 Å². The van der Waals surface area contributed by atoms with Crippen LogP contribution in [0.4, 0.5) is 5.82 Å². The molecule has 1 atom stereocenters. The van der Waals surface area contributed by atoms with Crippen molar-refractivity contribution in [2.75, 3.05) is 31.7 Å². The number of aromatic nitrogens is 2. The van der Waals surface area contributed by atoms with Gasteiger partial charge in [0.05, 0.1) is 18.4 Å². The first-order valence-electron chi connectivity index (χ1n) is 13.2. The zero-order valence-corrected chi connectivity index (χ0v) is 23.3. The molecule has 1 fully saturated rings. The minimum Gasteiger partial charge on any atom is -0.476 e. The molecule has 1 aliphatic heterocycles. The number of nitrogens with two attached hydrogens (primary N) is 1. The lowest BCUT2D eigenvalue weighted by atomic mass is 9.88. The van der Waals surface area contributed by atoms with Gasteiger partial charge in [-0.25, -0.2) is 4.68 Å². The third-order valence-corrected chi connectivity index (χ3v) is 8.08. The smallest absolute Gasteiger partial charge is 0.264 e. The Labute approximate surface area is 235 Å². The standard InChI is InChI=1S/C30H33N5O4S/c1-40(36,37)38-23-29(17-19-34(20-18-29)22-24-11-5-2-6-12-24)35-28(32)26(21-31)27(33-35)30(15-9-4-10-16-30)39-25-13-7-3-8-14-25/h2-15H,16-20,22-23,32H2,1H3. The van der Waals surface area contributed by atoms with E-state index in [1.807, 2.05) is 72.8 Å². The van der Waals surface area contributed by atoms with Gasteiger partial charge in [-0.1, -0.05) is 66.8 Å². The summed E-state index contributed by atoms with van der Waals surface area (Å²) < 4.78 is 37.7. The Morgan fingerprint density at radius 3 is 2.33 bits per heavy atom. The lowest BCUT2D eigenvalue weighted by Gasteiger charge is -2.42. The molecule has 1 aliphatic carbocycles. The van der Waals surface area contributed by atoms with E-state index in [4.69, 9.17) is 19.8 Å². The lowest BCUT2D eigenvalue weighted by Crippen LogP contribution is -2.50. The SMILES string of the molecule is CS(=O)(=O)OCC1(n2nc(C3(Oc4ccccc4)C=CC=CC3)c(C#N)c2N)CCN(Cc2ccccc2)CC1. The van der Waals surface area contributed by atoms with Crippen LogP contribution < -0.4 is 10.5 Å². The predicted molar refractivity (Wildman–Crippen MR) is 153 cm³/mol. The number of ether oxygens (including phenoxy) is 1. The fourth-order valence-electron chi connectivity index (χ4n) is 5.40. The highest BCUT2D eigenvalue weighted by Gasteiger charge is 2.45. The summed E-state index contributed by atoms with van der Waals surface area (Å²) in [6.07, 6.45) is 10.2. The highest BCUT2D eigenvalue weighted by atomic mass is 32.2. The fourth-order valence-corrected chi connectivity index (χ4v) is 5.83. The second-order valence-electron chi connectivity index (χ2n) is 10.4. The van der Waals surface area contributed by atoms with E-state index in [0.29, 0.717) is 43.8 Å². The summed E-state index contributed by atoms with van der Waals surface area (Å²) in [5, 5.41) is 15.2. The summed E-state index contributed by atoms with van der Waals surface area (Å²) in [5.74, 6) is 0.800. The Balaban J connectivity index is 1.53. The number of nitrogens with zero attached hydrogens (tertiary/aromatic N) is 4. The Morgan fingerprint density at radius 1 is 1.05 bits per heavy atom. The number of piperidine rings is 1. The molecule has 10 heteroatoms. The molecule has 1 unspecified atom stereocenters. The second kappa shape index (κ2) is 11.3. The van der Waals surface area contributed by atoms with Crippen molar-refractivity contribution < 1.29 is 17.3 Å². The molecule has 0 saturated carbocycles. The summed E-state index contributed by atoms with van der Waals surface area (Å²) in [7, 11) is -3.73. The number of hydrogen-bond acceptors (Lipinski definition) is 8. The predicted octanol–water partition coefficient (Wildman–Crippen LogP) is 4.09. The number of para-hydroxylation sites is 1. The van der Waals surface area contributed by atoms with Crippen molar-refractivity contribution in [2.24, 2.45) is 0 Å². The summed E-state index contributed by atoms with van der Waals surface area (Å²) in [6.45, 7) is 1.99. The molecule has 0 radical (unpaired) electrons. The van der Waals surface area contributed by atoms with Gasteiger partial charge in [-0.2, -0.15) is 18.8 Å². The van der Waals surface area contributed by atoms with Gasteiger partial charge in [0.25, 0.3) is 10.1 Å². The number of nitrogen functional groups attached to an aromatic ring is 1. The third-order valence-electron chi connectivity index (χ3n) is 7.54. The van der Waals surface area contributed by atoms with Gasteiger partial charge in [-0.3, -0.25) is 9.08 Å². The van der Waals surface area contributed by atoms with Gasteiger partial charge >= 0.3 is 0 Å². The van der Waals surface area contributed by atoms with E-state index in [0.717, 1.165) is 12.8 Å². The minimum atomic E-state index is -3.73. The van der Waals surface area contributed by atoms with E-state index in [-0.39, 0.29) is 18.0 Å². The minimum absolute atomic E-state index is 0.135. The van der Waals surface area contributed by atoms with Crippen molar-refractivity contribution in [2.45, 2.75) is 36.9 Å². The molecule has 5 rings (SSSR count). The Morgan fingerprint density at radius 2 is 1.73 bits per heavy atom. The van der Waals surface area contributed by atoms with Crippen LogP contribution in [0.2, 0.25) is 0 Å². The van der Waals surface area contributed by atoms with Crippen molar-refractivity contribution >= 4 is 15.9 Å². The van der Waals surface area contributed by atoms with Gasteiger partial charge in [0, 0.05) is 26.1 Å². The number of nitriles is 1. The average Bonchev–Trinajstić information content (AvgIpc) is 3.31. The Hall–Kier alpha value is -3.91. The molecule has 0 amide bonds. The summed E-state index contributed by atoms with van der Waals surface area (Å²) in [5.41, 5.74) is 6.52. The van der Waals surface area contributed by atoms with Gasteiger partial charge in [-0.15, -0.1) is 0 Å². The maximum Gasteiger partial charge on any atom is 0.264 e. The molecule has 0 bridgehead atoms. The summed E-state index contributed by atoms with van der Waals surface area (Å²) in [6, 6.07) is 21.8. The number of benzene rings is 2. The summed E-state index contributed by atoms with van der Waals surface area (Å²) in [4.78, 5) is 2.31. The van der Waals surface area contributed by atoms with Crippen molar-refractivity contribution in [1.82, 2.24) is 14.7 Å². The van der Waals surface area contributed by atoms with Crippen molar-refractivity contribution in [3.05, 3.63) is 102 Å². The van der Waals surface area contributed by atoms with Crippen LogP contribution in [0.3, 0.4) is 0 Å². The zero-order valence-electron chi connectivity index (χ0n) is 22.4. The van der Waals surface area contributed by atoms with Gasteiger partial charge < -0.3 is 10.5 Å². The molecule has 2 aliphatic rings. The van der Waals surface area contributed by atoms with E-state index in [1.165, 1.54) is 5.56 Å². The van der Waals surface area contributed by atoms with E-state index in [1.54, 1.807) is 4.68 Å². The van der Waals surface area contributed by atoms with Gasteiger partial charge in [0.15, 0.2) is 5.60 Å². The molecule has 1 saturated heterocycles. The monoisotopic (exact) mass is 559 g/mol. The van der Waals surface area contributed by atoms with E-state index in [9.17, 15) is 13.7 Å². The highest BCUT2D eigenvalue weighted by Crippen LogP contribution is 2.41. The summed E-state index contributed by atoms with van der Waals surface area (Å²) >= 11 is 0. The Kier molecular flexibility index (Phi) is 7.81. The molecule has 2 N–H and O–H groups in total. The topological polar surface area (TPSA) is 123 Å². The molecule has 2 aromatic carbocycles. The normalized spacial score (nSPS) is 20.7. The average molecular weight is 560 g/mol. The first kappa shape index (κ1) is 27.6. The van der Waals surface area contributed by atoms with Gasteiger partial charge in [0.1, 0.15) is 28.9 Å². The maximum atomic E-state index is 12.1. The maximum absolute atomic E-state index is 12.1. The number of rotatable bonds is 9. The van der Waals surface area contributed by atoms with Crippen LogP contribution in [-0.4, -0.2) is 49.1 Å². The van der Waals surface area contributed by atoms with Crippen LogP contribution in [-0.2, 0) is 32.0 Å². The van der Waals surface area contributed by atoms with Crippen LogP contribution in [0.1, 0.15) is 36.1 Å². The van der Waals surface area contributed by atoms with Crippen LogP contribution in [0.5, 0.6) is 5.75 Å². The first-order valence-corrected chi connectivity index (χ1v) is 15.0. The zero-order chi connectivity index (χ0) is 28.2. The van der Waals surface area contributed by atoms with E-state index < -0.39 is 21.3 Å². The van der Waals surface area contributed by atoms with Crippen LogP contribution in [0, 0.1) is 11.3 Å². The lowest BCUT2D eigenvalue weighted by molar-refractivity contribution is 0.0513. The van der Waals surface area contributed by atoms with Crippen molar-refractivity contribution in [1.29, 1.82) is 5.26 Å². The molecular formula is C30H33N5O4S. The number of allylic oxidation sites excluding steroid dienone is 2. The number of anilines is 1. The van der Waals surface area contributed by atoms with E-state index >= 15 is 0 Å². The molecule has 40 heavy (non-hydrogen) atoms.